The minimum atomic E-state index is -3.35. The van der Waals surface area contributed by atoms with Crippen LogP contribution in [0, 0.1) is 12.7 Å². The van der Waals surface area contributed by atoms with Crippen LogP contribution in [0.3, 0.4) is 0 Å². The molecule has 0 radical (unpaired) electrons. The third kappa shape index (κ3) is 3.54. The number of aryl methyl sites for hydroxylation is 1. The van der Waals surface area contributed by atoms with E-state index in [1.807, 2.05) is 19.1 Å². The molecule has 0 atom stereocenters. The SMILES string of the molecule is Cc1ccc(CNc2cc(S(C)(=O)=O)ccc2F)nc1. The maximum Gasteiger partial charge on any atom is 0.175 e. The number of anilines is 1. The normalized spacial score (nSPS) is 11.3. The molecule has 1 N–H and O–H groups in total. The zero-order valence-electron chi connectivity index (χ0n) is 11.2. The summed E-state index contributed by atoms with van der Waals surface area (Å²) in [4.78, 5) is 4.27. The minimum Gasteiger partial charge on any atom is -0.377 e. The first-order valence-corrected chi connectivity index (χ1v) is 7.90. The van der Waals surface area contributed by atoms with Gasteiger partial charge in [-0.3, -0.25) is 4.98 Å². The number of hydrogen-bond donors (Lipinski definition) is 1. The zero-order valence-corrected chi connectivity index (χ0v) is 12.0. The predicted molar refractivity (Wildman–Crippen MR) is 75.8 cm³/mol. The van der Waals surface area contributed by atoms with Gasteiger partial charge in [0.25, 0.3) is 0 Å². The maximum atomic E-state index is 13.6. The Balaban J connectivity index is 2.19. The minimum absolute atomic E-state index is 0.0817. The highest BCUT2D eigenvalue weighted by Crippen LogP contribution is 2.20. The number of sulfone groups is 1. The summed E-state index contributed by atoms with van der Waals surface area (Å²) in [6, 6.07) is 7.42. The molecule has 0 bridgehead atoms. The van der Waals surface area contributed by atoms with Crippen LogP contribution in [-0.4, -0.2) is 19.7 Å². The molecule has 1 heterocycles. The summed E-state index contributed by atoms with van der Waals surface area (Å²) in [5.74, 6) is -0.496. The molecule has 0 unspecified atom stereocenters. The van der Waals surface area contributed by atoms with Crippen molar-refractivity contribution in [2.45, 2.75) is 18.4 Å². The van der Waals surface area contributed by atoms with Crippen LogP contribution in [0.5, 0.6) is 0 Å². The Hall–Kier alpha value is -1.95. The van der Waals surface area contributed by atoms with Gasteiger partial charge >= 0.3 is 0 Å². The molecule has 0 aliphatic heterocycles. The third-order valence-electron chi connectivity index (χ3n) is 2.80. The lowest BCUT2D eigenvalue weighted by Gasteiger charge is -2.09. The Morgan fingerprint density at radius 3 is 2.60 bits per heavy atom. The van der Waals surface area contributed by atoms with Gasteiger partial charge in [0, 0.05) is 12.5 Å². The number of rotatable bonds is 4. The van der Waals surface area contributed by atoms with Crippen LogP contribution in [0.1, 0.15) is 11.3 Å². The summed E-state index contributed by atoms with van der Waals surface area (Å²) in [6.45, 7) is 2.25. The number of pyridine rings is 1. The van der Waals surface area contributed by atoms with Gasteiger partial charge in [-0.1, -0.05) is 6.07 Å². The van der Waals surface area contributed by atoms with Crippen LogP contribution in [0.2, 0.25) is 0 Å². The third-order valence-corrected chi connectivity index (χ3v) is 3.91. The summed E-state index contributed by atoms with van der Waals surface area (Å²) in [7, 11) is -3.35. The molecule has 0 saturated carbocycles. The van der Waals surface area contributed by atoms with Gasteiger partial charge in [-0.15, -0.1) is 0 Å². The Morgan fingerprint density at radius 2 is 2.00 bits per heavy atom. The molecule has 0 fully saturated rings. The Morgan fingerprint density at radius 1 is 1.25 bits per heavy atom. The fourth-order valence-corrected chi connectivity index (χ4v) is 2.31. The van der Waals surface area contributed by atoms with Crippen molar-refractivity contribution in [1.82, 2.24) is 4.98 Å². The van der Waals surface area contributed by atoms with Crippen molar-refractivity contribution in [1.29, 1.82) is 0 Å². The van der Waals surface area contributed by atoms with E-state index < -0.39 is 15.7 Å². The average molecular weight is 294 g/mol. The quantitative estimate of drug-likeness (QED) is 0.880. The van der Waals surface area contributed by atoms with Crippen molar-refractivity contribution in [3.63, 3.8) is 0 Å². The number of nitrogens with one attached hydrogen (secondary N) is 1. The number of nitrogens with zero attached hydrogens (tertiary/aromatic N) is 1. The van der Waals surface area contributed by atoms with Crippen LogP contribution in [-0.2, 0) is 16.4 Å². The van der Waals surface area contributed by atoms with Gasteiger partial charge in [-0.2, -0.15) is 0 Å². The lowest BCUT2D eigenvalue weighted by molar-refractivity contribution is 0.600. The molecule has 106 valence electrons. The van der Waals surface area contributed by atoms with Gasteiger partial charge < -0.3 is 5.32 Å². The van der Waals surface area contributed by atoms with E-state index in [0.29, 0.717) is 6.54 Å². The van der Waals surface area contributed by atoms with E-state index in [4.69, 9.17) is 0 Å². The monoisotopic (exact) mass is 294 g/mol. The highest BCUT2D eigenvalue weighted by Gasteiger charge is 2.11. The molecule has 0 saturated heterocycles. The smallest absolute Gasteiger partial charge is 0.175 e. The molecule has 0 amide bonds. The van der Waals surface area contributed by atoms with Crippen molar-refractivity contribution in [3.8, 4) is 0 Å². The molecule has 2 rings (SSSR count). The second-order valence-electron chi connectivity index (χ2n) is 4.59. The lowest BCUT2D eigenvalue weighted by Crippen LogP contribution is -2.05. The van der Waals surface area contributed by atoms with Crippen LogP contribution in [0.4, 0.5) is 10.1 Å². The van der Waals surface area contributed by atoms with Crippen LogP contribution in [0.15, 0.2) is 41.4 Å². The van der Waals surface area contributed by atoms with Crippen LogP contribution < -0.4 is 5.32 Å². The molecule has 6 heteroatoms. The summed E-state index contributed by atoms with van der Waals surface area (Å²) in [5, 5.41) is 2.86. The van der Waals surface area contributed by atoms with Gasteiger partial charge in [0.05, 0.1) is 22.8 Å². The van der Waals surface area contributed by atoms with Gasteiger partial charge in [-0.05, 0) is 36.8 Å². The molecular formula is C14H15FN2O2S. The summed E-state index contributed by atoms with van der Waals surface area (Å²) < 4.78 is 36.5. The Kier molecular flexibility index (Phi) is 4.04. The summed E-state index contributed by atoms with van der Waals surface area (Å²) >= 11 is 0. The van der Waals surface area contributed by atoms with Crippen molar-refractivity contribution < 1.29 is 12.8 Å². The first-order chi connectivity index (χ1) is 9.36. The number of halogens is 1. The summed E-state index contributed by atoms with van der Waals surface area (Å²) in [6.07, 6.45) is 2.81. The zero-order chi connectivity index (χ0) is 14.8. The van der Waals surface area contributed by atoms with E-state index in [1.165, 1.54) is 12.1 Å². The molecular weight excluding hydrogens is 279 g/mol. The van der Waals surface area contributed by atoms with Gasteiger partial charge in [0.2, 0.25) is 0 Å². The maximum absolute atomic E-state index is 13.6. The summed E-state index contributed by atoms with van der Waals surface area (Å²) in [5.41, 5.74) is 1.94. The van der Waals surface area contributed by atoms with E-state index in [2.05, 4.69) is 10.3 Å². The van der Waals surface area contributed by atoms with Crippen molar-refractivity contribution in [2.24, 2.45) is 0 Å². The van der Waals surface area contributed by atoms with E-state index in [1.54, 1.807) is 6.20 Å². The van der Waals surface area contributed by atoms with Crippen molar-refractivity contribution >= 4 is 15.5 Å². The largest absolute Gasteiger partial charge is 0.377 e. The van der Waals surface area contributed by atoms with Gasteiger partial charge in [0.1, 0.15) is 5.82 Å². The number of benzene rings is 1. The average Bonchev–Trinajstić information content (AvgIpc) is 2.38. The molecule has 4 nitrogen and oxygen atoms in total. The first-order valence-electron chi connectivity index (χ1n) is 6.01. The van der Waals surface area contributed by atoms with E-state index in [-0.39, 0.29) is 10.6 Å². The molecule has 2 aromatic rings. The molecule has 1 aromatic carbocycles. The molecule has 0 spiro atoms. The fourth-order valence-electron chi connectivity index (χ4n) is 1.66. The van der Waals surface area contributed by atoms with Crippen LogP contribution in [0.25, 0.3) is 0 Å². The standard InChI is InChI=1S/C14H15FN2O2S/c1-10-3-4-11(16-8-10)9-17-14-7-12(20(2,18)19)5-6-13(14)15/h3-8,17H,9H2,1-2H3. The number of hydrogen-bond acceptors (Lipinski definition) is 4. The fraction of sp³-hybridized carbons (Fsp3) is 0.214. The molecule has 20 heavy (non-hydrogen) atoms. The second-order valence-corrected chi connectivity index (χ2v) is 6.61. The van der Waals surface area contributed by atoms with Crippen molar-refractivity contribution in [2.75, 3.05) is 11.6 Å². The number of aromatic nitrogens is 1. The topological polar surface area (TPSA) is 59.1 Å². The molecule has 0 aliphatic rings. The highest BCUT2D eigenvalue weighted by molar-refractivity contribution is 7.90. The highest BCUT2D eigenvalue weighted by atomic mass is 32.2. The predicted octanol–water partition coefficient (Wildman–Crippen LogP) is 2.54. The van der Waals surface area contributed by atoms with E-state index in [9.17, 15) is 12.8 Å². The van der Waals surface area contributed by atoms with E-state index in [0.717, 1.165) is 23.6 Å². The van der Waals surface area contributed by atoms with Gasteiger partial charge in [0.15, 0.2) is 9.84 Å². The van der Waals surface area contributed by atoms with Gasteiger partial charge in [-0.25, -0.2) is 12.8 Å². The van der Waals surface area contributed by atoms with E-state index >= 15 is 0 Å². The van der Waals surface area contributed by atoms with Crippen molar-refractivity contribution in [3.05, 3.63) is 53.6 Å². The molecule has 1 aromatic heterocycles. The molecule has 0 aliphatic carbocycles. The lowest BCUT2D eigenvalue weighted by atomic mass is 10.2. The van der Waals surface area contributed by atoms with Crippen LogP contribution >= 0.6 is 0 Å². The Labute approximate surface area is 117 Å². The first kappa shape index (κ1) is 14.5. The second kappa shape index (κ2) is 5.58. The Bertz CT molecular complexity index is 712.